The number of benzene rings is 3. The molecule has 2 heterocycles. The standard InChI is InChI=1S/C28H33N5O2/c29-28(30)21-8-10-22(11-9-21)31-14-16-32(17-15-31)23-12-13-33(19-27(34)35)26(18-23)25-7-3-5-20-4-1-2-6-24(20)25/h1-11,23,26H,12-19H2,(H3,29,30)(H,34,35). The number of nitrogens with two attached hydrogens (primary N) is 1. The molecule has 7 nitrogen and oxygen atoms in total. The molecule has 2 fully saturated rings. The number of amidine groups is 1. The molecule has 7 heteroatoms. The van der Waals surface area contributed by atoms with Gasteiger partial charge in [0.2, 0.25) is 0 Å². The number of nitrogens with zero attached hydrogens (tertiary/aromatic N) is 3. The molecule has 0 saturated carbocycles. The van der Waals surface area contributed by atoms with Gasteiger partial charge in [0, 0.05) is 56.1 Å². The zero-order valence-corrected chi connectivity index (χ0v) is 19.9. The molecule has 0 bridgehead atoms. The van der Waals surface area contributed by atoms with Crippen molar-refractivity contribution in [3.05, 3.63) is 77.9 Å². The number of hydrogen-bond donors (Lipinski definition) is 3. The van der Waals surface area contributed by atoms with Crippen LogP contribution < -0.4 is 10.6 Å². The fourth-order valence-corrected chi connectivity index (χ4v) is 5.75. The first-order valence-electron chi connectivity index (χ1n) is 12.4. The number of anilines is 1. The Morgan fingerprint density at radius 1 is 0.943 bits per heavy atom. The highest BCUT2D eigenvalue weighted by molar-refractivity contribution is 5.95. The molecule has 35 heavy (non-hydrogen) atoms. The summed E-state index contributed by atoms with van der Waals surface area (Å²) in [5.41, 5.74) is 8.74. The maximum atomic E-state index is 11.6. The number of fused-ring (bicyclic) bond motifs is 1. The van der Waals surface area contributed by atoms with Crippen LogP contribution in [-0.4, -0.2) is 72.0 Å². The number of carboxylic acid groups (broad SMARTS) is 1. The van der Waals surface area contributed by atoms with E-state index in [4.69, 9.17) is 11.1 Å². The Labute approximate surface area is 206 Å². The molecule has 0 amide bonds. The van der Waals surface area contributed by atoms with E-state index in [-0.39, 0.29) is 18.4 Å². The van der Waals surface area contributed by atoms with E-state index in [0.29, 0.717) is 6.04 Å². The van der Waals surface area contributed by atoms with Crippen LogP contribution in [0.15, 0.2) is 66.7 Å². The summed E-state index contributed by atoms with van der Waals surface area (Å²) in [5, 5.41) is 19.6. The number of nitrogens with one attached hydrogen (secondary N) is 1. The lowest BCUT2D eigenvalue weighted by molar-refractivity contribution is -0.139. The van der Waals surface area contributed by atoms with E-state index in [0.717, 1.165) is 51.1 Å². The van der Waals surface area contributed by atoms with Crippen LogP contribution in [0.1, 0.15) is 30.0 Å². The van der Waals surface area contributed by atoms with Crippen LogP contribution in [0, 0.1) is 5.41 Å². The Hall–Kier alpha value is -3.42. The van der Waals surface area contributed by atoms with Gasteiger partial charge in [-0.3, -0.25) is 20.0 Å². The minimum absolute atomic E-state index is 0.0741. The van der Waals surface area contributed by atoms with E-state index in [1.54, 1.807) is 0 Å². The smallest absolute Gasteiger partial charge is 0.317 e. The number of carboxylic acids is 1. The van der Waals surface area contributed by atoms with Gasteiger partial charge in [0.1, 0.15) is 5.84 Å². The van der Waals surface area contributed by atoms with Crippen LogP contribution in [-0.2, 0) is 4.79 Å². The van der Waals surface area contributed by atoms with Gasteiger partial charge in [-0.2, -0.15) is 0 Å². The molecule has 5 rings (SSSR count). The van der Waals surface area contributed by atoms with E-state index in [1.807, 2.05) is 24.3 Å². The molecule has 0 radical (unpaired) electrons. The molecule has 3 aromatic rings. The summed E-state index contributed by atoms with van der Waals surface area (Å²) in [6.07, 6.45) is 1.93. The number of hydrogen-bond acceptors (Lipinski definition) is 5. The Bertz CT molecular complexity index is 1200. The summed E-state index contributed by atoms with van der Waals surface area (Å²) in [6, 6.07) is 23.3. The van der Waals surface area contributed by atoms with Gasteiger partial charge in [0.05, 0.1) is 6.54 Å². The van der Waals surface area contributed by atoms with Crippen LogP contribution in [0.25, 0.3) is 10.8 Å². The van der Waals surface area contributed by atoms with Crippen LogP contribution in [0.3, 0.4) is 0 Å². The first kappa shape index (κ1) is 23.3. The van der Waals surface area contributed by atoms with Crippen molar-refractivity contribution in [2.75, 3.05) is 44.2 Å². The normalized spacial score (nSPS) is 21.8. The first-order valence-corrected chi connectivity index (χ1v) is 12.4. The lowest BCUT2D eigenvalue weighted by Gasteiger charge is -2.46. The molecule has 3 aromatic carbocycles. The Kier molecular flexibility index (Phi) is 6.70. The number of likely N-dealkylation sites (tertiary alicyclic amines) is 1. The third-order valence-electron chi connectivity index (χ3n) is 7.58. The maximum Gasteiger partial charge on any atom is 0.317 e. The number of aliphatic carboxylic acids is 1. The Morgan fingerprint density at radius 2 is 1.66 bits per heavy atom. The summed E-state index contributed by atoms with van der Waals surface area (Å²) in [6.45, 7) is 4.74. The SMILES string of the molecule is N=C(N)c1ccc(N2CCN(C3CCN(CC(=O)O)C(c4cccc5ccccc45)C3)CC2)cc1. The molecular weight excluding hydrogens is 438 g/mol. The maximum absolute atomic E-state index is 11.6. The van der Waals surface area contributed by atoms with Crippen LogP contribution in [0.2, 0.25) is 0 Å². The van der Waals surface area contributed by atoms with Crippen LogP contribution in [0.4, 0.5) is 5.69 Å². The molecule has 2 saturated heterocycles. The first-order chi connectivity index (χ1) is 17.0. The molecule has 182 valence electrons. The molecule has 4 N–H and O–H groups in total. The van der Waals surface area contributed by atoms with Crippen molar-refractivity contribution < 1.29 is 9.90 Å². The summed E-state index contributed by atoms with van der Waals surface area (Å²) in [5.74, 6) is -0.672. The van der Waals surface area contributed by atoms with Crippen LogP contribution in [0.5, 0.6) is 0 Å². The van der Waals surface area contributed by atoms with E-state index < -0.39 is 5.97 Å². The zero-order valence-electron chi connectivity index (χ0n) is 19.9. The number of piperazine rings is 1. The topological polar surface area (TPSA) is 96.9 Å². The fraction of sp³-hybridized carbons (Fsp3) is 0.357. The average molecular weight is 472 g/mol. The van der Waals surface area contributed by atoms with E-state index in [9.17, 15) is 9.90 Å². The third-order valence-corrected chi connectivity index (χ3v) is 7.58. The van der Waals surface area contributed by atoms with Crippen molar-refractivity contribution in [3.8, 4) is 0 Å². The monoisotopic (exact) mass is 471 g/mol. The lowest BCUT2D eigenvalue weighted by Crippen LogP contribution is -2.54. The predicted molar refractivity (Wildman–Crippen MR) is 140 cm³/mol. The average Bonchev–Trinajstić information content (AvgIpc) is 2.88. The van der Waals surface area contributed by atoms with Crippen molar-refractivity contribution in [2.24, 2.45) is 5.73 Å². The highest BCUT2D eigenvalue weighted by Gasteiger charge is 2.35. The summed E-state index contributed by atoms with van der Waals surface area (Å²) in [4.78, 5) is 18.8. The van der Waals surface area contributed by atoms with Gasteiger partial charge >= 0.3 is 5.97 Å². The van der Waals surface area contributed by atoms with Crippen molar-refractivity contribution in [1.29, 1.82) is 5.41 Å². The molecule has 2 unspecified atom stereocenters. The summed E-state index contributed by atoms with van der Waals surface area (Å²) < 4.78 is 0. The number of piperidine rings is 1. The summed E-state index contributed by atoms with van der Waals surface area (Å²) in [7, 11) is 0. The van der Waals surface area contributed by atoms with Gasteiger partial charge in [-0.05, 0) is 53.4 Å². The highest BCUT2D eigenvalue weighted by Crippen LogP contribution is 2.37. The second kappa shape index (κ2) is 10.1. The third kappa shape index (κ3) is 5.01. The molecule has 2 aliphatic rings. The van der Waals surface area contributed by atoms with Crippen molar-refractivity contribution in [3.63, 3.8) is 0 Å². The quantitative estimate of drug-likeness (QED) is 0.376. The van der Waals surface area contributed by atoms with Gasteiger partial charge in [0.25, 0.3) is 0 Å². The second-order valence-electron chi connectivity index (χ2n) is 9.61. The van der Waals surface area contributed by atoms with Gasteiger partial charge in [-0.15, -0.1) is 0 Å². The van der Waals surface area contributed by atoms with Gasteiger partial charge < -0.3 is 15.7 Å². The summed E-state index contributed by atoms with van der Waals surface area (Å²) >= 11 is 0. The zero-order chi connectivity index (χ0) is 24.4. The minimum atomic E-state index is -0.766. The number of rotatable bonds is 6. The Balaban J connectivity index is 1.31. The fourth-order valence-electron chi connectivity index (χ4n) is 5.75. The molecular formula is C28H33N5O2. The van der Waals surface area contributed by atoms with Gasteiger partial charge in [-0.25, -0.2) is 0 Å². The van der Waals surface area contributed by atoms with Gasteiger partial charge in [-0.1, -0.05) is 42.5 Å². The molecule has 2 aliphatic heterocycles. The molecule has 0 spiro atoms. The van der Waals surface area contributed by atoms with E-state index in [2.05, 4.69) is 57.2 Å². The highest BCUT2D eigenvalue weighted by atomic mass is 16.4. The molecule has 0 aliphatic carbocycles. The molecule has 0 aromatic heterocycles. The second-order valence-corrected chi connectivity index (χ2v) is 9.61. The van der Waals surface area contributed by atoms with E-state index >= 15 is 0 Å². The van der Waals surface area contributed by atoms with Crippen molar-refractivity contribution >= 4 is 28.3 Å². The number of carbonyl (C=O) groups is 1. The largest absolute Gasteiger partial charge is 0.480 e. The lowest BCUT2D eigenvalue weighted by atomic mass is 9.88. The van der Waals surface area contributed by atoms with Crippen molar-refractivity contribution in [2.45, 2.75) is 24.9 Å². The Morgan fingerprint density at radius 3 is 2.37 bits per heavy atom. The predicted octanol–water partition coefficient (Wildman–Crippen LogP) is 3.54. The minimum Gasteiger partial charge on any atom is -0.480 e. The van der Waals surface area contributed by atoms with E-state index in [1.165, 1.54) is 22.0 Å². The van der Waals surface area contributed by atoms with Crippen molar-refractivity contribution in [1.82, 2.24) is 9.80 Å². The van der Waals surface area contributed by atoms with Crippen LogP contribution >= 0.6 is 0 Å². The molecule has 2 atom stereocenters. The number of nitrogen functional groups attached to an aromatic ring is 1. The van der Waals surface area contributed by atoms with Gasteiger partial charge in [0.15, 0.2) is 0 Å².